The summed E-state index contributed by atoms with van der Waals surface area (Å²) in [5, 5.41) is 1.63. The molecule has 3 rings (SSSR count). The van der Waals surface area contributed by atoms with Gasteiger partial charge in [0.05, 0.1) is 17.5 Å². The van der Waals surface area contributed by atoms with Gasteiger partial charge in [0.15, 0.2) is 11.5 Å². The van der Waals surface area contributed by atoms with Crippen molar-refractivity contribution in [2.45, 2.75) is 20.3 Å². The molecule has 1 aromatic heterocycles. The second-order valence-electron chi connectivity index (χ2n) is 5.43. The van der Waals surface area contributed by atoms with Gasteiger partial charge in [-0.15, -0.1) is 0 Å². The molecule has 8 heteroatoms. The number of benzene rings is 1. The number of rotatable bonds is 6. The summed E-state index contributed by atoms with van der Waals surface area (Å²) >= 11 is 0. The van der Waals surface area contributed by atoms with E-state index in [1.807, 2.05) is 6.92 Å². The molecule has 0 atom stereocenters. The van der Waals surface area contributed by atoms with Crippen molar-refractivity contribution in [2.75, 3.05) is 25.0 Å². The number of aromatic nitrogens is 1. The van der Waals surface area contributed by atoms with E-state index >= 15 is 0 Å². The van der Waals surface area contributed by atoms with Crippen LogP contribution in [0.3, 0.4) is 0 Å². The highest BCUT2D eigenvalue weighted by molar-refractivity contribution is 5.95. The summed E-state index contributed by atoms with van der Waals surface area (Å²) in [7, 11) is 0. The van der Waals surface area contributed by atoms with Crippen molar-refractivity contribution in [2.24, 2.45) is 0 Å². The smallest absolute Gasteiger partial charge is 0.343 e. The van der Waals surface area contributed by atoms with E-state index < -0.39 is 11.4 Å². The van der Waals surface area contributed by atoms with Crippen molar-refractivity contribution in [1.82, 2.24) is 4.68 Å². The Bertz CT molecular complexity index is 889. The summed E-state index contributed by atoms with van der Waals surface area (Å²) in [6.07, 6.45) is 2.67. The number of amides is 1. The predicted molar refractivity (Wildman–Crippen MR) is 89.7 cm³/mol. The van der Waals surface area contributed by atoms with Crippen LogP contribution in [-0.4, -0.2) is 37.0 Å². The van der Waals surface area contributed by atoms with E-state index in [9.17, 15) is 14.4 Å². The molecule has 0 saturated heterocycles. The molecule has 0 bridgehead atoms. The minimum absolute atomic E-state index is 0.0525. The lowest BCUT2D eigenvalue weighted by Gasteiger charge is -2.23. The topological polar surface area (TPSA) is 87.1 Å². The zero-order chi connectivity index (χ0) is 18.0. The van der Waals surface area contributed by atoms with Crippen LogP contribution >= 0.6 is 0 Å². The molecule has 1 amide bonds. The molecule has 0 aliphatic carbocycles. The standard InChI is InChI=1S/C17H18N2O6/c1-3-5-18(9-20)19-8-12(17(22)23-4-2)16(21)11-6-14-15(7-13(11)19)25-10-24-14/h6-9H,3-5,10H2,1-2H3. The lowest BCUT2D eigenvalue weighted by atomic mass is 10.1. The fraction of sp³-hybridized carbons (Fsp3) is 0.353. The number of hydrogen-bond donors (Lipinski definition) is 0. The summed E-state index contributed by atoms with van der Waals surface area (Å²) in [6.45, 7) is 4.19. The highest BCUT2D eigenvalue weighted by atomic mass is 16.7. The average molecular weight is 346 g/mol. The first-order valence-electron chi connectivity index (χ1n) is 7.99. The maximum absolute atomic E-state index is 12.7. The number of carbonyl (C=O) groups excluding carboxylic acids is 2. The van der Waals surface area contributed by atoms with Gasteiger partial charge in [-0.1, -0.05) is 6.92 Å². The zero-order valence-corrected chi connectivity index (χ0v) is 14.0. The van der Waals surface area contributed by atoms with Crippen LogP contribution in [0.5, 0.6) is 11.5 Å². The third-order valence-electron chi connectivity index (χ3n) is 3.82. The number of hydrogen-bond acceptors (Lipinski definition) is 6. The molecule has 0 spiro atoms. The second kappa shape index (κ2) is 6.84. The monoisotopic (exact) mass is 346 g/mol. The fourth-order valence-corrected chi connectivity index (χ4v) is 2.71. The fourth-order valence-electron chi connectivity index (χ4n) is 2.71. The van der Waals surface area contributed by atoms with Crippen molar-refractivity contribution in [1.29, 1.82) is 0 Å². The van der Waals surface area contributed by atoms with Gasteiger partial charge in [-0.3, -0.25) is 19.3 Å². The Kier molecular flexibility index (Phi) is 4.60. The number of pyridine rings is 1. The molecular formula is C17H18N2O6. The van der Waals surface area contributed by atoms with E-state index in [2.05, 4.69) is 0 Å². The first kappa shape index (κ1) is 16.8. The van der Waals surface area contributed by atoms with Gasteiger partial charge in [-0.25, -0.2) is 4.79 Å². The molecule has 2 heterocycles. The molecule has 1 aliphatic heterocycles. The zero-order valence-electron chi connectivity index (χ0n) is 14.0. The third-order valence-corrected chi connectivity index (χ3v) is 3.82. The Morgan fingerprint density at radius 1 is 1.32 bits per heavy atom. The second-order valence-corrected chi connectivity index (χ2v) is 5.43. The molecule has 25 heavy (non-hydrogen) atoms. The quantitative estimate of drug-likeness (QED) is 0.581. The maximum atomic E-state index is 12.7. The molecule has 0 saturated carbocycles. The molecule has 1 aliphatic rings. The van der Waals surface area contributed by atoms with Gasteiger partial charge in [0.25, 0.3) is 0 Å². The van der Waals surface area contributed by atoms with Crippen LogP contribution in [0.1, 0.15) is 30.6 Å². The summed E-state index contributed by atoms with van der Waals surface area (Å²) in [5.41, 5.74) is -0.177. The molecule has 8 nitrogen and oxygen atoms in total. The number of ether oxygens (including phenoxy) is 3. The number of fused-ring (bicyclic) bond motifs is 2. The number of nitrogens with zero attached hydrogens (tertiary/aromatic N) is 2. The third kappa shape index (κ3) is 2.90. The highest BCUT2D eigenvalue weighted by Crippen LogP contribution is 2.35. The van der Waals surface area contributed by atoms with Crippen molar-refractivity contribution in [3.8, 4) is 11.5 Å². The molecule has 132 valence electrons. The van der Waals surface area contributed by atoms with Gasteiger partial charge >= 0.3 is 5.97 Å². The van der Waals surface area contributed by atoms with E-state index in [4.69, 9.17) is 14.2 Å². The van der Waals surface area contributed by atoms with Crippen molar-refractivity contribution >= 4 is 23.3 Å². The molecule has 2 aromatic rings. The van der Waals surface area contributed by atoms with Gasteiger partial charge in [-0.2, -0.15) is 0 Å². The van der Waals surface area contributed by atoms with Crippen LogP contribution in [0.2, 0.25) is 0 Å². The largest absolute Gasteiger partial charge is 0.462 e. The Balaban J connectivity index is 2.30. The Labute approximate surface area is 143 Å². The SMILES string of the molecule is CCCN(C=O)n1cc(C(=O)OCC)c(=O)c2cc3c(cc21)OCO3. The first-order valence-corrected chi connectivity index (χ1v) is 7.99. The minimum atomic E-state index is -0.733. The van der Waals surface area contributed by atoms with E-state index in [0.717, 1.165) is 0 Å². The lowest BCUT2D eigenvalue weighted by Crippen LogP contribution is -2.36. The van der Waals surface area contributed by atoms with Crippen LogP contribution in [0.4, 0.5) is 0 Å². The van der Waals surface area contributed by atoms with Crippen LogP contribution < -0.4 is 19.9 Å². The van der Waals surface area contributed by atoms with Gasteiger partial charge in [-0.05, 0) is 19.4 Å². The molecule has 1 aromatic carbocycles. The number of carbonyl (C=O) groups is 2. The summed E-state index contributed by atoms with van der Waals surface area (Å²) in [4.78, 5) is 36.4. The summed E-state index contributed by atoms with van der Waals surface area (Å²) in [6, 6.07) is 3.15. The van der Waals surface area contributed by atoms with Crippen molar-refractivity contribution < 1.29 is 23.8 Å². The van der Waals surface area contributed by atoms with Gasteiger partial charge in [0, 0.05) is 18.8 Å². The predicted octanol–water partition coefficient (Wildman–Crippen LogP) is 1.41. The van der Waals surface area contributed by atoms with Crippen LogP contribution in [0, 0.1) is 0 Å². The first-order chi connectivity index (χ1) is 12.1. The van der Waals surface area contributed by atoms with Gasteiger partial charge in [0.1, 0.15) is 5.56 Å². The minimum Gasteiger partial charge on any atom is -0.462 e. The van der Waals surface area contributed by atoms with Crippen LogP contribution in [0.25, 0.3) is 10.9 Å². The van der Waals surface area contributed by atoms with E-state index in [0.29, 0.717) is 36.4 Å². The van der Waals surface area contributed by atoms with Gasteiger partial charge in [0.2, 0.25) is 18.6 Å². The Hall–Kier alpha value is -3.03. The van der Waals surface area contributed by atoms with E-state index in [1.165, 1.54) is 21.9 Å². The maximum Gasteiger partial charge on any atom is 0.343 e. The van der Waals surface area contributed by atoms with E-state index in [-0.39, 0.29) is 24.3 Å². The molecule has 0 radical (unpaired) electrons. The lowest BCUT2D eigenvalue weighted by molar-refractivity contribution is -0.108. The van der Waals surface area contributed by atoms with Crippen LogP contribution in [0.15, 0.2) is 23.1 Å². The normalized spacial score (nSPS) is 12.2. The summed E-state index contributed by atoms with van der Waals surface area (Å²) in [5.74, 6) is 0.167. The van der Waals surface area contributed by atoms with Crippen molar-refractivity contribution in [3.63, 3.8) is 0 Å². The van der Waals surface area contributed by atoms with Crippen LogP contribution in [-0.2, 0) is 9.53 Å². The van der Waals surface area contributed by atoms with Crippen molar-refractivity contribution in [3.05, 3.63) is 34.1 Å². The Morgan fingerprint density at radius 3 is 2.68 bits per heavy atom. The number of esters is 1. The van der Waals surface area contributed by atoms with Gasteiger partial charge < -0.3 is 14.2 Å². The molecule has 0 fully saturated rings. The summed E-state index contributed by atoms with van der Waals surface area (Å²) < 4.78 is 17.1. The van der Waals surface area contributed by atoms with E-state index in [1.54, 1.807) is 13.0 Å². The highest BCUT2D eigenvalue weighted by Gasteiger charge is 2.23. The molecule has 0 unspecified atom stereocenters. The molecular weight excluding hydrogens is 328 g/mol. The molecule has 0 N–H and O–H groups in total. The Morgan fingerprint density at radius 2 is 2.04 bits per heavy atom. The average Bonchev–Trinajstić information content (AvgIpc) is 3.06.